The van der Waals surface area contributed by atoms with Crippen LogP contribution in [0, 0.1) is 12.8 Å². The van der Waals surface area contributed by atoms with Gasteiger partial charge in [-0.3, -0.25) is 4.79 Å². The van der Waals surface area contributed by atoms with E-state index in [1.165, 1.54) is 17.8 Å². The number of aromatic nitrogens is 1. The van der Waals surface area contributed by atoms with Crippen molar-refractivity contribution in [2.24, 2.45) is 5.92 Å². The van der Waals surface area contributed by atoms with Crippen molar-refractivity contribution in [3.8, 4) is 0 Å². The van der Waals surface area contributed by atoms with E-state index in [2.05, 4.69) is 10.3 Å². The Balaban J connectivity index is 2.09. The highest BCUT2D eigenvalue weighted by Crippen LogP contribution is 2.27. The SMILES string of the molecule is Cc1nc(N(C)C)sc1C(=O)NC1CCCCCC1CO. The number of amides is 1. The molecule has 5 nitrogen and oxygen atoms in total. The topological polar surface area (TPSA) is 65.5 Å². The first-order chi connectivity index (χ1) is 10.0. The van der Waals surface area contributed by atoms with Crippen molar-refractivity contribution >= 4 is 22.4 Å². The smallest absolute Gasteiger partial charge is 0.263 e. The number of aryl methyl sites for hydroxylation is 1. The number of nitrogens with zero attached hydrogens (tertiary/aromatic N) is 2. The summed E-state index contributed by atoms with van der Waals surface area (Å²) in [5.41, 5.74) is 0.773. The molecule has 0 saturated heterocycles. The van der Waals surface area contributed by atoms with Crippen LogP contribution in [-0.4, -0.2) is 42.7 Å². The lowest BCUT2D eigenvalue weighted by atomic mass is 9.95. The molecule has 21 heavy (non-hydrogen) atoms. The zero-order valence-corrected chi connectivity index (χ0v) is 13.9. The van der Waals surface area contributed by atoms with Crippen LogP contribution in [0.3, 0.4) is 0 Å². The van der Waals surface area contributed by atoms with Gasteiger partial charge in [0.1, 0.15) is 4.88 Å². The lowest BCUT2D eigenvalue weighted by Gasteiger charge is -2.24. The minimum absolute atomic E-state index is 0.0524. The molecule has 2 N–H and O–H groups in total. The minimum Gasteiger partial charge on any atom is -0.396 e. The number of anilines is 1. The number of rotatable bonds is 4. The van der Waals surface area contributed by atoms with E-state index in [-0.39, 0.29) is 24.5 Å². The number of aliphatic hydroxyl groups excluding tert-OH is 1. The first-order valence-electron chi connectivity index (χ1n) is 7.59. The van der Waals surface area contributed by atoms with E-state index in [4.69, 9.17) is 0 Å². The highest BCUT2D eigenvalue weighted by molar-refractivity contribution is 7.17. The van der Waals surface area contributed by atoms with Crippen molar-refractivity contribution in [1.82, 2.24) is 10.3 Å². The van der Waals surface area contributed by atoms with Crippen molar-refractivity contribution < 1.29 is 9.90 Å². The van der Waals surface area contributed by atoms with E-state index in [1.54, 1.807) is 0 Å². The fourth-order valence-electron chi connectivity index (χ4n) is 2.81. The Morgan fingerprint density at radius 2 is 2.10 bits per heavy atom. The predicted molar refractivity (Wildman–Crippen MR) is 86.1 cm³/mol. The van der Waals surface area contributed by atoms with Crippen molar-refractivity contribution in [2.45, 2.75) is 45.1 Å². The summed E-state index contributed by atoms with van der Waals surface area (Å²) in [5, 5.41) is 13.5. The zero-order valence-electron chi connectivity index (χ0n) is 13.1. The normalized spacial score (nSPS) is 22.7. The molecule has 2 atom stereocenters. The third-order valence-electron chi connectivity index (χ3n) is 4.08. The molecule has 1 heterocycles. The number of hydrogen-bond acceptors (Lipinski definition) is 5. The summed E-state index contributed by atoms with van der Waals surface area (Å²) in [6.07, 6.45) is 5.39. The Kier molecular flexibility index (Phi) is 5.58. The number of hydrogen-bond donors (Lipinski definition) is 2. The Hall–Kier alpha value is -1.14. The maximum Gasteiger partial charge on any atom is 0.263 e. The molecule has 1 saturated carbocycles. The lowest BCUT2D eigenvalue weighted by molar-refractivity contribution is 0.0903. The summed E-state index contributed by atoms with van der Waals surface area (Å²) >= 11 is 1.42. The van der Waals surface area contributed by atoms with Crippen molar-refractivity contribution in [3.05, 3.63) is 10.6 Å². The van der Waals surface area contributed by atoms with E-state index in [0.29, 0.717) is 4.88 Å². The number of aliphatic hydroxyl groups is 1. The van der Waals surface area contributed by atoms with Crippen molar-refractivity contribution in [1.29, 1.82) is 0 Å². The minimum atomic E-state index is -0.0524. The van der Waals surface area contributed by atoms with Crippen LogP contribution < -0.4 is 10.2 Å². The van der Waals surface area contributed by atoms with E-state index in [9.17, 15) is 9.90 Å². The van der Waals surface area contributed by atoms with Gasteiger partial charge in [0.15, 0.2) is 5.13 Å². The molecule has 1 amide bonds. The van der Waals surface area contributed by atoms with Gasteiger partial charge in [-0.1, -0.05) is 30.6 Å². The number of thiazole rings is 1. The highest BCUT2D eigenvalue weighted by Gasteiger charge is 2.26. The molecule has 1 fully saturated rings. The van der Waals surface area contributed by atoms with Gasteiger partial charge in [0.25, 0.3) is 5.91 Å². The third-order valence-corrected chi connectivity index (χ3v) is 5.41. The molecule has 1 aliphatic carbocycles. The monoisotopic (exact) mass is 311 g/mol. The molecule has 6 heteroatoms. The highest BCUT2D eigenvalue weighted by atomic mass is 32.1. The maximum atomic E-state index is 12.5. The van der Waals surface area contributed by atoms with E-state index in [0.717, 1.165) is 36.5 Å². The maximum absolute atomic E-state index is 12.5. The van der Waals surface area contributed by atoms with E-state index in [1.807, 2.05) is 25.9 Å². The molecule has 1 aromatic rings. The molecule has 0 aromatic carbocycles. The van der Waals surface area contributed by atoms with Gasteiger partial charge >= 0.3 is 0 Å². The predicted octanol–water partition coefficient (Wildman–Crippen LogP) is 2.19. The Labute approximate surface area is 130 Å². The molecule has 0 radical (unpaired) electrons. The molecule has 2 unspecified atom stereocenters. The average molecular weight is 311 g/mol. The quantitative estimate of drug-likeness (QED) is 0.837. The molecule has 2 rings (SSSR count). The molecular weight excluding hydrogens is 286 g/mol. The zero-order chi connectivity index (χ0) is 15.4. The second-order valence-electron chi connectivity index (χ2n) is 5.97. The van der Waals surface area contributed by atoms with Crippen LogP contribution in [0.4, 0.5) is 5.13 Å². The molecule has 118 valence electrons. The number of carbonyl (C=O) groups excluding carboxylic acids is 1. The number of nitrogens with one attached hydrogen (secondary N) is 1. The van der Waals surface area contributed by atoms with Crippen LogP contribution in [0.2, 0.25) is 0 Å². The summed E-state index contributed by atoms with van der Waals surface area (Å²) in [6.45, 7) is 2.02. The third kappa shape index (κ3) is 3.95. The molecular formula is C15H25N3O2S. The lowest BCUT2D eigenvalue weighted by Crippen LogP contribution is -2.41. The van der Waals surface area contributed by atoms with Gasteiger partial charge in [0.05, 0.1) is 5.69 Å². The Morgan fingerprint density at radius 3 is 2.71 bits per heavy atom. The van der Waals surface area contributed by atoms with Crippen LogP contribution in [0.1, 0.15) is 47.5 Å². The van der Waals surface area contributed by atoms with E-state index >= 15 is 0 Å². The average Bonchev–Trinajstić information content (AvgIpc) is 2.70. The van der Waals surface area contributed by atoms with Gasteiger partial charge in [-0.15, -0.1) is 0 Å². The fourth-order valence-corrected chi connectivity index (χ4v) is 3.70. The Bertz CT molecular complexity index is 487. The second kappa shape index (κ2) is 7.22. The number of carbonyl (C=O) groups is 1. The van der Waals surface area contributed by atoms with Crippen LogP contribution in [0.5, 0.6) is 0 Å². The summed E-state index contributed by atoms with van der Waals surface area (Å²) < 4.78 is 0. The van der Waals surface area contributed by atoms with Gasteiger partial charge in [-0.2, -0.15) is 0 Å². The van der Waals surface area contributed by atoms with Gasteiger partial charge in [0, 0.05) is 32.7 Å². The summed E-state index contributed by atoms with van der Waals surface area (Å²) in [7, 11) is 3.85. The molecule has 0 aliphatic heterocycles. The summed E-state index contributed by atoms with van der Waals surface area (Å²) in [6, 6.07) is 0.0781. The van der Waals surface area contributed by atoms with Gasteiger partial charge < -0.3 is 15.3 Å². The second-order valence-corrected chi connectivity index (χ2v) is 6.94. The van der Waals surface area contributed by atoms with Gasteiger partial charge in [-0.25, -0.2) is 4.98 Å². The largest absolute Gasteiger partial charge is 0.396 e. The van der Waals surface area contributed by atoms with Crippen LogP contribution in [0.25, 0.3) is 0 Å². The fraction of sp³-hybridized carbons (Fsp3) is 0.733. The molecule has 1 aliphatic rings. The Morgan fingerprint density at radius 1 is 1.38 bits per heavy atom. The summed E-state index contributed by atoms with van der Waals surface area (Å²) in [5.74, 6) is 0.126. The van der Waals surface area contributed by atoms with Gasteiger partial charge in [-0.05, 0) is 19.8 Å². The van der Waals surface area contributed by atoms with Crippen molar-refractivity contribution in [3.63, 3.8) is 0 Å². The standard InChI is InChI=1S/C15H25N3O2S/c1-10-13(21-15(16-10)18(2)3)14(20)17-12-8-6-4-5-7-11(12)9-19/h11-12,19H,4-9H2,1-3H3,(H,17,20). The van der Waals surface area contributed by atoms with E-state index < -0.39 is 0 Å². The van der Waals surface area contributed by atoms with Crippen molar-refractivity contribution in [2.75, 3.05) is 25.6 Å². The summed E-state index contributed by atoms with van der Waals surface area (Å²) in [4.78, 5) is 19.5. The molecule has 0 bridgehead atoms. The van der Waals surface area contributed by atoms with Crippen LogP contribution in [-0.2, 0) is 0 Å². The first kappa shape index (κ1) is 16.2. The molecule has 1 aromatic heterocycles. The van der Waals surface area contributed by atoms with Gasteiger partial charge in [0.2, 0.25) is 0 Å². The van der Waals surface area contributed by atoms with Crippen LogP contribution >= 0.6 is 11.3 Å². The van der Waals surface area contributed by atoms with Crippen LogP contribution in [0.15, 0.2) is 0 Å². The molecule has 0 spiro atoms. The first-order valence-corrected chi connectivity index (χ1v) is 8.41.